The van der Waals surface area contributed by atoms with E-state index in [1.807, 2.05) is 63.2 Å². The van der Waals surface area contributed by atoms with Gasteiger partial charge in [0.25, 0.3) is 11.8 Å². The zero-order chi connectivity index (χ0) is 24.4. The van der Waals surface area contributed by atoms with Gasteiger partial charge in [-0.05, 0) is 73.7 Å². The van der Waals surface area contributed by atoms with Crippen molar-refractivity contribution < 1.29 is 14.3 Å². The number of rotatable bonds is 7. The summed E-state index contributed by atoms with van der Waals surface area (Å²) in [7, 11) is 0. The smallest absolute Gasteiger partial charge is 0.282 e. The molecule has 0 unspecified atom stereocenters. The molecule has 3 aromatic carbocycles. The highest BCUT2D eigenvalue weighted by molar-refractivity contribution is 6.46. The summed E-state index contributed by atoms with van der Waals surface area (Å²) >= 11 is 0. The van der Waals surface area contributed by atoms with E-state index in [1.54, 1.807) is 24.3 Å². The number of benzene rings is 3. The number of nitrogens with zero attached hydrogens (tertiary/aromatic N) is 1. The molecule has 0 fully saturated rings. The van der Waals surface area contributed by atoms with Crippen LogP contribution in [0.15, 0.2) is 72.4 Å². The number of nitrogens with one attached hydrogen (secondary N) is 1. The molecule has 1 aliphatic rings. The summed E-state index contributed by atoms with van der Waals surface area (Å²) in [5, 5.41) is 3.28. The molecule has 0 aliphatic carbocycles. The lowest BCUT2D eigenvalue weighted by molar-refractivity contribution is -0.120. The van der Waals surface area contributed by atoms with E-state index in [0.29, 0.717) is 35.1 Å². The number of ether oxygens (including phenoxy) is 1. The predicted molar refractivity (Wildman–Crippen MR) is 137 cm³/mol. The third-order valence-corrected chi connectivity index (χ3v) is 5.97. The van der Waals surface area contributed by atoms with E-state index >= 15 is 0 Å². The van der Waals surface area contributed by atoms with Crippen LogP contribution in [-0.2, 0) is 9.59 Å². The van der Waals surface area contributed by atoms with Crippen LogP contribution in [0.4, 0.5) is 11.4 Å². The molecule has 5 nitrogen and oxygen atoms in total. The minimum Gasteiger partial charge on any atom is -0.493 e. The number of hydrogen-bond acceptors (Lipinski definition) is 4. The summed E-state index contributed by atoms with van der Waals surface area (Å²) in [5.41, 5.74) is 5.88. The maximum atomic E-state index is 13.6. The molecule has 0 bridgehead atoms. The van der Waals surface area contributed by atoms with Crippen molar-refractivity contribution in [3.8, 4) is 5.75 Å². The lowest BCUT2D eigenvalue weighted by atomic mass is 10.0. The van der Waals surface area contributed by atoms with Crippen LogP contribution < -0.4 is 15.0 Å². The van der Waals surface area contributed by atoms with E-state index in [4.69, 9.17) is 4.74 Å². The van der Waals surface area contributed by atoms with Crippen LogP contribution in [0.5, 0.6) is 5.75 Å². The molecule has 2 amide bonds. The zero-order valence-corrected chi connectivity index (χ0v) is 20.3. The molecule has 0 saturated carbocycles. The molecule has 0 aromatic heterocycles. The summed E-state index contributed by atoms with van der Waals surface area (Å²) in [4.78, 5) is 28.5. The van der Waals surface area contributed by atoms with Gasteiger partial charge < -0.3 is 10.1 Å². The molecule has 5 heteroatoms. The zero-order valence-electron chi connectivity index (χ0n) is 20.3. The Labute approximate surface area is 201 Å². The third-order valence-electron chi connectivity index (χ3n) is 5.97. The summed E-state index contributed by atoms with van der Waals surface area (Å²) < 4.78 is 5.75. The minimum atomic E-state index is -0.377. The number of carbonyl (C=O) groups is 2. The van der Waals surface area contributed by atoms with Gasteiger partial charge in [-0.2, -0.15) is 0 Å². The van der Waals surface area contributed by atoms with Crippen molar-refractivity contribution in [3.05, 3.63) is 94.7 Å². The molecule has 1 aliphatic heterocycles. The minimum absolute atomic E-state index is 0.280. The van der Waals surface area contributed by atoms with Crippen molar-refractivity contribution >= 4 is 28.8 Å². The second kappa shape index (κ2) is 9.56. The van der Waals surface area contributed by atoms with E-state index < -0.39 is 0 Å². The number of carbonyl (C=O) groups excluding carboxylic acids is 2. The summed E-state index contributed by atoms with van der Waals surface area (Å²) in [6.45, 7) is 10.8. The maximum Gasteiger partial charge on any atom is 0.282 e. The van der Waals surface area contributed by atoms with Gasteiger partial charge in [0.05, 0.1) is 17.9 Å². The van der Waals surface area contributed by atoms with Crippen molar-refractivity contribution in [1.82, 2.24) is 0 Å². The lowest BCUT2D eigenvalue weighted by Crippen LogP contribution is -2.32. The van der Waals surface area contributed by atoms with Crippen molar-refractivity contribution in [2.45, 2.75) is 34.6 Å². The van der Waals surface area contributed by atoms with Crippen LogP contribution in [0.25, 0.3) is 5.57 Å². The number of imide groups is 1. The quantitative estimate of drug-likeness (QED) is 0.442. The van der Waals surface area contributed by atoms with Crippen LogP contribution in [0, 0.1) is 26.7 Å². The fourth-order valence-electron chi connectivity index (χ4n) is 3.84. The van der Waals surface area contributed by atoms with Gasteiger partial charge in [0.15, 0.2) is 0 Å². The average molecular weight is 455 g/mol. The molecule has 174 valence electrons. The summed E-state index contributed by atoms with van der Waals surface area (Å²) in [6.07, 6.45) is 0. The second-order valence-electron chi connectivity index (χ2n) is 9.13. The first-order valence-corrected chi connectivity index (χ1v) is 11.5. The first-order chi connectivity index (χ1) is 16.3. The standard InChI is InChI=1S/C29H30N2O3/c1-18(2)17-34-24-15-13-23(14-16-24)31-28(32)26(22-11-9-19(3)10-12-22)27(29(31)33)30-25-8-6-7-20(4)21(25)5/h6-16,18,30H,17H2,1-5H3. The van der Waals surface area contributed by atoms with E-state index in [9.17, 15) is 9.59 Å². The van der Waals surface area contributed by atoms with Gasteiger partial charge in [-0.1, -0.05) is 55.8 Å². The molecule has 1 N–H and O–H groups in total. The molecule has 0 radical (unpaired) electrons. The summed E-state index contributed by atoms with van der Waals surface area (Å²) in [6, 6.07) is 20.6. The Hall–Kier alpha value is -3.86. The fraction of sp³-hybridized carbons (Fsp3) is 0.241. The summed E-state index contributed by atoms with van der Waals surface area (Å²) in [5.74, 6) is 0.383. The van der Waals surface area contributed by atoms with Crippen molar-refractivity contribution in [2.75, 3.05) is 16.8 Å². The topological polar surface area (TPSA) is 58.6 Å². The van der Waals surface area contributed by atoms with Gasteiger partial charge in [-0.25, -0.2) is 4.90 Å². The van der Waals surface area contributed by atoms with Gasteiger partial charge in [-0.3, -0.25) is 9.59 Å². The first-order valence-electron chi connectivity index (χ1n) is 11.5. The Morgan fingerprint density at radius 3 is 2.18 bits per heavy atom. The van der Waals surface area contributed by atoms with Gasteiger partial charge >= 0.3 is 0 Å². The average Bonchev–Trinajstić information content (AvgIpc) is 3.05. The Bertz CT molecular complexity index is 1260. The molecule has 0 saturated heterocycles. The van der Waals surface area contributed by atoms with Crippen LogP contribution in [-0.4, -0.2) is 18.4 Å². The Kier molecular flexibility index (Phi) is 6.55. The van der Waals surface area contributed by atoms with E-state index in [2.05, 4.69) is 19.2 Å². The Morgan fingerprint density at radius 2 is 1.53 bits per heavy atom. The highest BCUT2D eigenvalue weighted by Gasteiger charge is 2.40. The number of anilines is 2. The number of amides is 2. The molecule has 3 aromatic rings. The lowest BCUT2D eigenvalue weighted by Gasteiger charge is -2.17. The molecule has 1 heterocycles. The highest BCUT2D eigenvalue weighted by atomic mass is 16.5. The normalized spacial score (nSPS) is 13.8. The predicted octanol–water partition coefficient (Wildman–Crippen LogP) is 6.04. The van der Waals surface area contributed by atoms with Gasteiger partial charge in [0, 0.05) is 5.69 Å². The monoisotopic (exact) mass is 454 g/mol. The molecular formula is C29H30N2O3. The van der Waals surface area contributed by atoms with Crippen LogP contribution in [0.2, 0.25) is 0 Å². The van der Waals surface area contributed by atoms with E-state index in [0.717, 1.165) is 22.4 Å². The van der Waals surface area contributed by atoms with Crippen molar-refractivity contribution in [1.29, 1.82) is 0 Å². The largest absolute Gasteiger partial charge is 0.493 e. The maximum absolute atomic E-state index is 13.6. The molecular weight excluding hydrogens is 424 g/mol. The second-order valence-corrected chi connectivity index (χ2v) is 9.13. The van der Waals surface area contributed by atoms with Crippen LogP contribution >= 0.6 is 0 Å². The first kappa shape index (κ1) is 23.3. The highest BCUT2D eigenvalue weighted by Crippen LogP contribution is 2.35. The molecule has 4 rings (SSSR count). The number of hydrogen-bond donors (Lipinski definition) is 1. The van der Waals surface area contributed by atoms with Crippen molar-refractivity contribution in [3.63, 3.8) is 0 Å². The van der Waals surface area contributed by atoms with E-state index in [1.165, 1.54) is 4.90 Å². The number of aryl methyl sites for hydroxylation is 2. The van der Waals surface area contributed by atoms with Crippen LogP contribution in [0.1, 0.15) is 36.1 Å². The fourth-order valence-corrected chi connectivity index (χ4v) is 3.84. The van der Waals surface area contributed by atoms with Gasteiger partial charge in [0.2, 0.25) is 0 Å². The Morgan fingerprint density at radius 1 is 0.853 bits per heavy atom. The SMILES string of the molecule is Cc1ccc(C2=C(Nc3cccc(C)c3C)C(=O)N(c3ccc(OCC(C)C)cc3)C2=O)cc1. The van der Waals surface area contributed by atoms with Gasteiger partial charge in [0.1, 0.15) is 11.4 Å². The third kappa shape index (κ3) is 4.60. The Balaban J connectivity index is 1.73. The molecule has 0 spiro atoms. The molecule has 34 heavy (non-hydrogen) atoms. The van der Waals surface area contributed by atoms with Crippen molar-refractivity contribution in [2.24, 2.45) is 5.92 Å². The van der Waals surface area contributed by atoms with Gasteiger partial charge in [-0.15, -0.1) is 0 Å². The molecule has 0 atom stereocenters. The van der Waals surface area contributed by atoms with E-state index in [-0.39, 0.29) is 17.5 Å². The van der Waals surface area contributed by atoms with Crippen LogP contribution in [0.3, 0.4) is 0 Å².